The van der Waals surface area contributed by atoms with Crippen LogP contribution in [0.1, 0.15) is 29.3 Å². The molecule has 1 unspecified atom stereocenters. The third kappa shape index (κ3) is 4.73. The molecule has 0 fully saturated rings. The van der Waals surface area contributed by atoms with E-state index in [9.17, 15) is 26.9 Å². The van der Waals surface area contributed by atoms with Crippen molar-refractivity contribution >= 4 is 33.9 Å². The van der Waals surface area contributed by atoms with Gasteiger partial charge in [-0.25, -0.2) is 27.3 Å². The van der Waals surface area contributed by atoms with Crippen molar-refractivity contribution < 1.29 is 26.9 Å². The predicted octanol–water partition coefficient (Wildman–Crippen LogP) is 5.57. The van der Waals surface area contributed by atoms with E-state index >= 15 is 0 Å². The highest BCUT2D eigenvalue weighted by Gasteiger charge is 2.27. The fraction of sp³-hybridized carbons (Fsp3) is 0.125. The Kier molecular flexibility index (Phi) is 6.80. The minimum absolute atomic E-state index is 0.151. The highest BCUT2D eigenvalue weighted by atomic mass is 32.2. The van der Waals surface area contributed by atoms with Crippen molar-refractivity contribution in [1.82, 2.24) is 9.97 Å². The fourth-order valence-corrected chi connectivity index (χ4v) is 4.16. The van der Waals surface area contributed by atoms with E-state index in [1.165, 1.54) is 48.7 Å². The molecule has 0 saturated heterocycles. The van der Waals surface area contributed by atoms with Crippen LogP contribution in [-0.4, -0.2) is 26.1 Å². The van der Waals surface area contributed by atoms with E-state index in [0.717, 1.165) is 0 Å². The summed E-state index contributed by atoms with van der Waals surface area (Å²) in [4.78, 5) is 21.6. The Morgan fingerprint density at radius 2 is 1.74 bits per heavy atom. The average Bonchev–Trinajstić information content (AvgIpc) is 2.82. The number of hydrogen-bond donors (Lipinski definition) is 1. The third-order valence-corrected chi connectivity index (χ3v) is 6.17. The van der Waals surface area contributed by atoms with Gasteiger partial charge in [0, 0.05) is 17.2 Å². The van der Waals surface area contributed by atoms with E-state index in [1.54, 1.807) is 6.92 Å². The summed E-state index contributed by atoms with van der Waals surface area (Å²) < 4.78 is 71.1. The zero-order valence-corrected chi connectivity index (χ0v) is 18.6. The second-order valence-electron chi connectivity index (χ2n) is 7.36. The number of benzene rings is 3. The second kappa shape index (κ2) is 9.78. The molecule has 4 aromatic rings. The number of nitrogens with zero attached hydrogens (tertiary/aromatic N) is 2. The lowest BCUT2D eigenvalue weighted by molar-refractivity contribution is 0.103. The fourth-order valence-electron chi connectivity index (χ4n) is 3.29. The van der Waals surface area contributed by atoms with Crippen LogP contribution in [0.2, 0.25) is 0 Å². The van der Waals surface area contributed by atoms with E-state index in [2.05, 4.69) is 14.7 Å². The second-order valence-corrected chi connectivity index (χ2v) is 8.66. The molecule has 0 spiro atoms. The Labute approximate surface area is 195 Å². The number of carbonyl (C=O) groups is 1. The van der Waals surface area contributed by atoms with Crippen molar-refractivity contribution in [2.75, 3.05) is 10.5 Å². The third-order valence-electron chi connectivity index (χ3n) is 4.94. The number of carbonyl (C=O) groups excluding carboxylic acids is 1. The maximum Gasteiger partial charge on any atom is 0.199 e. The van der Waals surface area contributed by atoms with Gasteiger partial charge in [0.2, 0.25) is 0 Å². The maximum atomic E-state index is 15.0. The Hall–Kier alpha value is -3.50. The van der Waals surface area contributed by atoms with Gasteiger partial charge >= 0.3 is 0 Å². The molecule has 4 rings (SSSR count). The zero-order chi connectivity index (χ0) is 24.4. The molecular formula is C24H17F4N3O2S. The van der Waals surface area contributed by atoms with E-state index < -0.39 is 51.7 Å². The molecule has 1 N–H and O–H groups in total. The van der Waals surface area contributed by atoms with E-state index in [-0.39, 0.29) is 16.8 Å². The van der Waals surface area contributed by atoms with Gasteiger partial charge in [0.05, 0.1) is 39.8 Å². The van der Waals surface area contributed by atoms with Crippen LogP contribution < -0.4 is 4.72 Å². The molecule has 174 valence electrons. The SMILES string of the molecule is CCC[S+]([O-])Nc1cc(F)c(F)c(C(=O)c2ccc3ncc(-c4ccc(F)cc4)nc3c2)c1F. The molecule has 34 heavy (non-hydrogen) atoms. The summed E-state index contributed by atoms with van der Waals surface area (Å²) in [6, 6.07) is 10.1. The molecule has 1 aromatic heterocycles. The van der Waals surface area contributed by atoms with Crippen LogP contribution >= 0.6 is 0 Å². The average molecular weight is 487 g/mol. The minimum Gasteiger partial charge on any atom is -0.593 e. The van der Waals surface area contributed by atoms with Crippen LogP contribution in [0.4, 0.5) is 23.2 Å². The number of fused-ring (bicyclic) bond motifs is 1. The van der Waals surface area contributed by atoms with Crippen LogP contribution in [-0.2, 0) is 11.4 Å². The summed E-state index contributed by atoms with van der Waals surface area (Å²) in [6.45, 7) is 1.75. The molecule has 0 bridgehead atoms. The molecular weight excluding hydrogens is 470 g/mol. The molecule has 3 aromatic carbocycles. The molecule has 0 amide bonds. The van der Waals surface area contributed by atoms with Crippen molar-refractivity contribution in [3.05, 3.63) is 89.1 Å². The van der Waals surface area contributed by atoms with Crippen molar-refractivity contribution in [1.29, 1.82) is 0 Å². The van der Waals surface area contributed by atoms with Crippen molar-refractivity contribution in [2.45, 2.75) is 13.3 Å². The van der Waals surface area contributed by atoms with Gasteiger partial charge in [-0.2, -0.15) is 0 Å². The summed E-state index contributed by atoms with van der Waals surface area (Å²) >= 11 is -1.74. The van der Waals surface area contributed by atoms with Crippen molar-refractivity contribution in [3.8, 4) is 11.3 Å². The maximum absolute atomic E-state index is 15.0. The van der Waals surface area contributed by atoms with Crippen molar-refractivity contribution in [2.24, 2.45) is 0 Å². The summed E-state index contributed by atoms with van der Waals surface area (Å²) in [6.07, 6.45) is 1.98. The first kappa shape index (κ1) is 23.7. The van der Waals surface area contributed by atoms with Gasteiger partial charge in [0.15, 0.2) is 23.2 Å². The van der Waals surface area contributed by atoms with Crippen LogP contribution in [0.15, 0.2) is 54.7 Å². The number of ketones is 1. The highest BCUT2D eigenvalue weighted by molar-refractivity contribution is 7.92. The first-order chi connectivity index (χ1) is 16.3. The smallest absolute Gasteiger partial charge is 0.199 e. The van der Waals surface area contributed by atoms with E-state index in [0.29, 0.717) is 29.3 Å². The Morgan fingerprint density at radius 1 is 1.00 bits per heavy atom. The predicted molar refractivity (Wildman–Crippen MR) is 122 cm³/mol. The molecule has 0 radical (unpaired) electrons. The Balaban J connectivity index is 1.75. The topological polar surface area (TPSA) is 77.9 Å². The van der Waals surface area contributed by atoms with E-state index in [4.69, 9.17) is 0 Å². The Morgan fingerprint density at radius 3 is 2.44 bits per heavy atom. The van der Waals surface area contributed by atoms with Crippen molar-refractivity contribution in [3.63, 3.8) is 0 Å². The molecule has 5 nitrogen and oxygen atoms in total. The first-order valence-corrected chi connectivity index (χ1v) is 11.5. The van der Waals surface area contributed by atoms with E-state index in [1.807, 2.05) is 0 Å². The van der Waals surface area contributed by atoms with Gasteiger partial charge in [-0.1, -0.05) is 6.92 Å². The molecule has 1 atom stereocenters. The Bertz CT molecular complexity index is 1380. The number of nitrogens with one attached hydrogen (secondary N) is 1. The lowest BCUT2D eigenvalue weighted by Crippen LogP contribution is -2.19. The van der Waals surface area contributed by atoms with Crippen LogP contribution in [0.25, 0.3) is 22.3 Å². The molecule has 0 saturated carbocycles. The largest absolute Gasteiger partial charge is 0.593 e. The molecule has 0 aliphatic heterocycles. The molecule has 10 heteroatoms. The lowest BCUT2D eigenvalue weighted by atomic mass is 10.0. The monoisotopic (exact) mass is 487 g/mol. The lowest BCUT2D eigenvalue weighted by Gasteiger charge is -2.14. The van der Waals surface area contributed by atoms with Gasteiger partial charge in [-0.15, -0.1) is 0 Å². The molecule has 0 aliphatic carbocycles. The number of anilines is 1. The van der Waals surface area contributed by atoms with Gasteiger partial charge in [-0.05, 0) is 48.9 Å². The minimum atomic E-state index is -1.74. The van der Waals surface area contributed by atoms with Crippen LogP contribution in [0.3, 0.4) is 0 Å². The summed E-state index contributed by atoms with van der Waals surface area (Å²) in [7, 11) is 0. The van der Waals surface area contributed by atoms with Gasteiger partial charge in [0.25, 0.3) is 0 Å². The summed E-state index contributed by atoms with van der Waals surface area (Å²) in [5, 5.41) is 0. The van der Waals surface area contributed by atoms with Crippen LogP contribution in [0.5, 0.6) is 0 Å². The normalized spacial score (nSPS) is 12.1. The quantitative estimate of drug-likeness (QED) is 0.160. The number of aromatic nitrogens is 2. The standard InChI is InChI=1S/C24H17F4N3O2S/c1-2-9-34(33)31-19-11-16(26)22(27)21(23(19)28)24(32)14-5-8-17-18(10-14)30-20(12-29-17)13-3-6-15(25)7-4-13/h3-8,10-12,31H,2,9H2,1H3. The number of hydrogen-bond acceptors (Lipinski definition) is 5. The molecule has 0 aliphatic rings. The van der Waals surface area contributed by atoms with Gasteiger partial charge in [-0.3, -0.25) is 9.78 Å². The number of halogens is 4. The zero-order valence-electron chi connectivity index (χ0n) is 17.7. The van der Waals surface area contributed by atoms with Gasteiger partial charge in [0.1, 0.15) is 17.3 Å². The van der Waals surface area contributed by atoms with Gasteiger partial charge < -0.3 is 4.55 Å². The van der Waals surface area contributed by atoms with Crippen LogP contribution in [0, 0.1) is 23.3 Å². The first-order valence-electron chi connectivity index (χ1n) is 10.2. The summed E-state index contributed by atoms with van der Waals surface area (Å²) in [5.41, 5.74) is -0.226. The summed E-state index contributed by atoms with van der Waals surface area (Å²) in [5.74, 6) is -5.84. The number of rotatable bonds is 7. The highest BCUT2D eigenvalue weighted by Crippen LogP contribution is 2.28. The molecule has 1 heterocycles.